The number of benzene rings is 1. The maximum atomic E-state index is 13.0. The van der Waals surface area contributed by atoms with Gasteiger partial charge in [0.2, 0.25) is 0 Å². The summed E-state index contributed by atoms with van der Waals surface area (Å²) in [5.74, 6) is 0.856. The van der Waals surface area contributed by atoms with Crippen molar-refractivity contribution in [1.82, 2.24) is 20.5 Å². The monoisotopic (exact) mass is 277 g/mol. The number of aromatic amines is 1. The molecule has 0 bridgehead atoms. The van der Waals surface area contributed by atoms with Crippen molar-refractivity contribution in [3.05, 3.63) is 41.2 Å². The van der Waals surface area contributed by atoms with Crippen molar-refractivity contribution < 1.29 is 9.18 Å². The Bertz CT molecular complexity index is 625. The third-order valence-electron chi connectivity index (χ3n) is 2.79. The third-order valence-corrected chi connectivity index (χ3v) is 2.79. The molecule has 0 radical (unpaired) electrons. The molecule has 3 N–H and O–H groups in total. The summed E-state index contributed by atoms with van der Waals surface area (Å²) >= 11 is 0. The highest BCUT2D eigenvalue weighted by atomic mass is 19.1. The number of halogens is 1. The van der Waals surface area contributed by atoms with E-state index in [1.165, 1.54) is 18.2 Å². The fraction of sp³-hybridized carbons (Fsp3) is 0.308. The largest absolute Gasteiger partial charge is 0.328 e. The number of aromatic nitrogens is 3. The van der Waals surface area contributed by atoms with E-state index in [-0.39, 0.29) is 11.9 Å². The first kappa shape index (κ1) is 14.0. The molecule has 0 aliphatic rings. The minimum absolute atomic E-state index is 0.333. The number of carbonyl (C=O) groups excluding carboxylic acids is 1. The SMILES string of the molecule is Cc1nc([C@@H](C)NC(=O)Nc2ccc(F)cc2C)n[nH]1. The standard InChI is InChI=1S/C13H16FN5O/c1-7-6-10(14)4-5-11(7)17-13(20)15-8(2)12-16-9(3)18-19-12/h4-6,8H,1-3H3,(H2,15,17,20)(H,16,18,19)/t8-/m1/s1. The lowest BCUT2D eigenvalue weighted by Gasteiger charge is -2.13. The minimum Gasteiger partial charge on any atom is -0.328 e. The number of rotatable bonds is 3. The quantitative estimate of drug-likeness (QED) is 0.805. The highest BCUT2D eigenvalue weighted by Crippen LogP contribution is 2.16. The van der Waals surface area contributed by atoms with Gasteiger partial charge in [-0.2, -0.15) is 5.10 Å². The van der Waals surface area contributed by atoms with Crippen molar-refractivity contribution in [3.63, 3.8) is 0 Å². The van der Waals surface area contributed by atoms with Crippen molar-refractivity contribution in [2.45, 2.75) is 26.8 Å². The summed E-state index contributed by atoms with van der Waals surface area (Å²) in [5.41, 5.74) is 1.21. The molecule has 0 saturated carbocycles. The molecule has 0 aliphatic heterocycles. The molecule has 7 heteroatoms. The summed E-state index contributed by atoms with van der Waals surface area (Å²) in [6.45, 7) is 5.28. The van der Waals surface area contributed by atoms with Gasteiger partial charge in [0, 0.05) is 5.69 Å². The Morgan fingerprint density at radius 3 is 2.75 bits per heavy atom. The average molecular weight is 277 g/mol. The van der Waals surface area contributed by atoms with Crippen molar-refractivity contribution in [3.8, 4) is 0 Å². The summed E-state index contributed by atoms with van der Waals surface area (Å²) in [6, 6.07) is 3.45. The Morgan fingerprint density at radius 1 is 1.40 bits per heavy atom. The van der Waals surface area contributed by atoms with Crippen LogP contribution in [-0.4, -0.2) is 21.2 Å². The Hall–Kier alpha value is -2.44. The topological polar surface area (TPSA) is 82.7 Å². The van der Waals surface area contributed by atoms with Crippen LogP contribution in [0, 0.1) is 19.7 Å². The van der Waals surface area contributed by atoms with E-state index in [1.807, 2.05) is 0 Å². The Labute approximate surface area is 115 Å². The van der Waals surface area contributed by atoms with Crippen LogP contribution < -0.4 is 10.6 Å². The van der Waals surface area contributed by atoms with Crippen LogP contribution in [0.1, 0.15) is 30.2 Å². The zero-order valence-electron chi connectivity index (χ0n) is 11.5. The van der Waals surface area contributed by atoms with Crippen LogP contribution in [0.25, 0.3) is 0 Å². The van der Waals surface area contributed by atoms with Crippen LogP contribution in [-0.2, 0) is 0 Å². The molecule has 6 nitrogen and oxygen atoms in total. The van der Waals surface area contributed by atoms with Crippen LogP contribution in [0.5, 0.6) is 0 Å². The van der Waals surface area contributed by atoms with Crippen molar-refractivity contribution in [2.75, 3.05) is 5.32 Å². The van der Waals surface area contributed by atoms with Crippen molar-refractivity contribution in [2.24, 2.45) is 0 Å². The van der Waals surface area contributed by atoms with Gasteiger partial charge in [0.15, 0.2) is 5.82 Å². The molecule has 0 aliphatic carbocycles. The van der Waals surface area contributed by atoms with Crippen LogP contribution >= 0.6 is 0 Å². The molecule has 20 heavy (non-hydrogen) atoms. The molecule has 1 atom stereocenters. The lowest BCUT2D eigenvalue weighted by molar-refractivity contribution is 0.249. The molecule has 2 rings (SSSR count). The second-order valence-corrected chi connectivity index (χ2v) is 4.56. The first-order chi connectivity index (χ1) is 9.45. The third kappa shape index (κ3) is 3.31. The fourth-order valence-electron chi connectivity index (χ4n) is 1.74. The molecule has 0 spiro atoms. The summed E-state index contributed by atoms with van der Waals surface area (Å²) in [4.78, 5) is 16.0. The number of hydrogen-bond donors (Lipinski definition) is 3. The van der Waals surface area contributed by atoms with Gasteiger partial charge in [-0.1, -0.05) is 0 Å². The fourth-order valence-corrected chi connectivity index (χ4v) is 1.74. The van der Waals surface area contributed by atoms with E-state index in [2.05, 4.69) is 25.8 Å². The number of aryl methyl sites for hydroxylation is 2. The maximum Gasteiger partial charge on any atom is 0.319 e. The summed E-state index contributed by atoms with van der Waals surface area (Å²) in [5, 5.41) is 12.1. The van der Waals surface area contributed by atoms with E-state index in [4.69, 9.17) is 0 Å². The van der Waals surface area contributed by atoms with E-state index in [9.17, 15) is 9.18 Å². The normalized spacial score (nSPS) is 12.0. The van der Waals surface area contributed by atoms with E-state index >= 15 is 0 Å². The van der Waals surface area contributed by atoms with Gasteiger partial charge >= 0.3 is 6.03 Å². The number of hydrogen-bond acceptors (Lipinski definition) is 3. The lowest BCUT2D eigenvalue weighted by atomic mass is 10.2. The molecule has 1 heterocycles. The molecule has 2 amide bonds. The van der Waals surface area contributed by atoms with Gasteiger partial charge in [-0.3, -0.25) is 5.10 Å². The molecule has 0 fully saturated rings. The average Bonchev–Trinajstić information content (AvgIpc) is 2.79. The molecular weight excluding hydrogens is 261 g/mol. The van der Waals surface area contributed by atoms with Crippen LogP contribution in [0.4, 0.5) is 14.9 Å². The number of nitrogens with zero attached hydrogens (tertiary/aromatic N) is 2. The van der Waals surface area contributed by atoms with Crippen LogP contribution in [0.3, 0.4) is 0 Å². The van der Waals surface area contributed by atoms with Crippen LogP contribution in [0.15, 0.2) is 18.2 Å². The number of carbonyl (C=O) groups is 1. The Kier molecular flexibility index (Phi) is 3.97. The number of anilines is 1. The molecule has 106 valence electrons. The Morgan fingerprint density at radius 2 is 2.15 bits per heavy atom. The first-order valence-corrected chi connectivity index (χ1v) is 6.18. The number of nitrogens with one attached hydrogen (secondary N) is 3. The van der Waals surface area contributed by atoms with Crippen molar-refractivity contribution in [1.29, 1.82) is 0 Å². The number of urea groups is 1. The minimum atomic E-state index is -0.394. The molecule has 1 aromatic carbocycles. The Balaban J connectivity index is 1.98. The summed E-state index contributed by atoms with van der Waals surface area (Å²) in [6.07, 6.45) is 0. The molecule has 2 aromatic rings. The first-order valence-electron chi connectivity index (χ1n) is 6.18. The van der Waals surface area contributed by atoms with Gasteiger partial charge in [-0.15, -0.1) is 0 Å². The predicted octanol–water partition coefficient (Wildman–Crippen LogP) is 2.44. The number of H-pyrrole nitrogens is 1. The van der Waals surface area contributed by atoms with Gasteiger partial charge in [0.05, 0.1) is 6.04 Å². The van der Waals surface area contributed by atoms with E-state index < -0.39 is 6.03 Å². The number of amides is 2. The highest BCUT2D eigenvalue weighted by Gasteiger charge is 2.14. The van der Waals surface area contributed by atoms with E-state index in [1.54, 1.807) is 20.8 Å². The highest BCUT2D eigenvalue weighted by molar-refractivity contribution is 5.90. The second kappa shape index (κ2) is 5.68. The van der Waals surface area contributed by atoms with E-state index in [0.717, 1.165) is 0 Å². The molecule has 0 unspecified atom stereocenters. The van der Waals surface area contributed by atoms with Gasteiger partial charge in [0.1, 0.15) is 11.6 Å². The maximum absolute atomic E-state index is 13.0. The van der Waals surface area contributed by atoms with Gasteiger partial charge < -0.3 is 10.6 Å². The molecular formula is C13H16FN5O. The predicted molar refractivity (Wildman–Crippen MR) is 72.8 cm³/mol. The summed E-state index contributed by atoms with van der Waals surface area (Å²) < 4.78 is 13.0. The van der Waals surface area contributed by atoms with Gasteiger partial charge in [-0.25, -0.2) is 14.2 Å². The molecule has 0 saturated heterocycles. The smallest absolute Gasteiger partial charge is 0.319 e. The van der Waals surface area contributed by atoms with Gasteiger partial charge in [0.25, 0.3) is 0 Å². The molecule has 1 aromatic heterocycles. The zero-order valence-corrected chi connectivity index (χ0v) is 11.5. The van der Waals surface area contributed by atoms with Crippen LogP contribution in [0.2, 0.25) is 0 Å². The van der Waals surface area contributed by atoms with E-state index in [0.29, 0.717) is 22.9 Å². The lowest BCUT2D eigenvalue weighted by Crippen LogP contribution is -2.32. The van der Waals surface area contributed by atoms with Crippen molar-refractivity contribution >= 4 is 11.7 Å². The second-order valence-electron chi connectivity index (χ2n) is 4.56. The summed E-state index contributed by atoms with van der Waals surface area (Å²) in [7, 11) is 0. The zero-order chi connectivity index (χ0) is 14.7. The van der Waals surface area contributed by atoms with Gasteiger partial charge in [-0.05, 0) is 44.5 Å².